The minimum atomic E-state index is -0.928. The molecule has 1 aliphatic rings. The zero-order valence-corrected chi connectivity index (χ0v) is 18.6. The molecule has 0 N–H and O–H groups in total. The van der Waals surface area contributed by atoms with Crippen LogP contribution in [0.3, 0.4) is 0 Å². The van der Waals surface area contributed by atoms with Gasteiger partial charge in [0.15, 0.2) is 11.6 Å². The fourth-order valence-corrected chi connectivity index (χ4v) is 4.84. The standard InChI is InChI=1S/C27H36F2O/c1-3-4-5-6-7-8-9-20-10-12-21(13-11-20)22-14-16-23(17-15-22)24-18-19-25(30-2)27(29)26(24)28/h14-21H,3-13H2,1-2H3. The van der Waals surface area contributed by atoms with Crippen molar-refractivity contribution in [3.05, 3.63) is 53.6 Å². The summed E-state index contributed by atoms with van der Waals surface area (Å²) in [7, 11) is 1.34. The van der Waals surface area contributed by atoms with Crippen LogP contribution in [0.25, 0.3) is 11.1 Å². The Morgan fingerprint density at radius 2 is 1.47 bits per heavy atom. The lowest BCUT2D eigenvalue weighted by Crippen LogP contribution is -2.13. The molecule has 0 saturated heterocycles. The summed E-state index contributed by atoms with van der Waals surface area (Å²) in [5.74, 6) is -0.356. The molecular weight excluding hydrogens is 378 g/mol. The molecule has 1 nitrogen and oxygen atoms in total. The van der Waals surface area contributed by atoms with Gasteiger partial charge < -0.3 is 4.74 Å². The van der Waals surface area contributed by atoms with Crippen molar-refractivity contribution in [3.8, 4) is 16.9 Å². The topological polar surface area (TPSA) is 9.23 Å². The smallest absolute Gasteiger partial charge is 0.201 e. The summed E-state index contributed by atoms with van der Waals surface area (Å²) >= 11 is 0. The number of hydrogen-bond acceptors (Lipinski definition) is 1. The first kappa shape index (κ1) is 22.8. The van der Waals surface area contributed by atoms with Gasteiger partial charge in [-0.25, -0.2) is 4.39 Å². The van der Waals surface area contributed by atoms with Crippen molar-refractivity contribution in [2.24, 2.45) is 5.92 Å². The molecular formula is C27H36F2O. The zero-order valence-electron chi connectivity index (χ0n) is 18.6. The third-order valence-electron chi connectivity index (χ3n) is 6.77. The summed E-state index contributed by atoms with van der Waals surface area (Å²) in [5.41, 5.74) is 2.31. The molecule has 0 aliphatic heterocycles. The highest BCUT2D eigenvalue weighted by molar-refractivity contribution is 5.65. The lowest BCUT2D eigenvalue weighted by Gasteiger charge is -2.29. The van der Waals surface area contributed by atoms with Crippen molar-refractivity contribution in [3.63, 3.8) is 0 Å². The van der Waals surface area contributed by atoms with Crippen LogP contribution in [0.4, 0.5) is 8.78 Å². The van der Waals surface area contributed by atoms with Crippen LogP contribution in [-0.4, -0.2) is 7.11 Å². The van der Waals surface area contributed by atoms with Gasteiger partial charge in [0.25, 0.3) is 0 Å². The molecule has 0 amide bonds. The SMILES string of the molecule is CCCCCCCCC1CCC(c2ccc(-c3ccc(OC)c(F)c3F)cc2)CC1. The van der Waals surface area contributed by atoms with Crippen LogP contribution in [-0.2, 0) is 0 Å². The van der Waals surface area contributed by atoms with E-state index in [0.717, 1.165) is 5.92 Å². The van der Waals surface area contributed by atoms with Crippen LogP contribution in [0.5, 0.6) is 5.75 Å². The zero-order chi connectivity index (χ0) is 21.3. The molecule has 1 saturated carbocycles. The quantitative estimate of drug-likeness (QED) is 0.353. The van der Waals surface area contributed by atoms with Gasteiger partial charge in [-0.15, -0.1) is 0 Å². The average molecular weight is 415 g/mol. The summed E-state index contributed by atoms with van der Waals surface area (Å²) in [5, 5.41) is 0. The Balaban J connectivity index is 1.50. The summed E-state index contributed by atoms with van der Waals surface area (Å²) in [6, 6.07) is 11.1. The van der Waals surface area contributed by atoms with E-state index < -0.39 is 11.6 Å². The molecule has 0 heterocycles. The Morgan fingerprint density at radius 3 is 2.13 bits per heavy atom. The Morgan fingerprint density at radius 1 is 0.800 bits per heavy atom. The molecule has 30 heavy (non-hydrogen) atoms. The first-order chi connectivity index (χ1) is 14.6. The summed E-state index contributed by atoms with van der Waals surface area (Å²) < 4.78 is 33.2. The molecule has 0 aromatic heterocycles. The highest BCUT2D eigenvalue weighted by Crippen LogP contribution is 2.38. The maximum Gasteiger partial charge on any atom is 0.201 e. The largest absolute Gasteiger partial charge is 0.494 e. The number of ether oxygens (including phenoxy) is 1. The maximum absolute atomic E-state index is 14.4. The van der Waals surface area contributed by atoms with Crippen molar-refractivity contribution in [2.45, 2.75) is 83.5 Å². The van der Waals surface area contributed by atoms with Gasteiger partial charge in [-0.05, 0) is 60.8 Å². The van der Waals surface area contributed by atoms with Crippen LogP contribution in [0.2, 0.25) is 0 Å². The second kappa shape index (κ2) is 11.5. The van der Waals surface area contributed by atoms with E-state index >= 15 is 0 Å². The predicted molar refractivity (Wildman–Crippen MR) is 121 cm³/mol. The van der Waals surface area contributed by atoms with Crippen molar-refractivity contribution in [2.75, 3.05) is 7.11 Å². The molecule has 0 unspecified atom stereocenters. The summed E-state index contributed by atoms with van der Waals surface area (Å²) in [4.78, 5) is 0. The molecule has 3 heteroatoms. The van der Waals surface area contributed by atoms with Gasteiger partial charge in [0.05, 0.1) is 7.11 Å². The first-order valence-electron chi connectivity index (χ1n) is 11.8. The Hall–Kier alpha value is -1.90. The number of hydrogen-bond donors (Lipinski definition) is 0. The van der Waals surface area contributed by atoms with E-state index in [2.05, 4.69) is 19.1 Å². The average Bonchev–Trinajstić information content (AvgIpc) is 2.78. The number of rotatable bonds is 10. The number of benzene rings is 2. The molecule has 0 atom stereocenters. The summed E-state index contributed by atoms with van der Waals surface area (Å²) in [6.07, 6.45) is 14.8. The molecule has 2 aromatic rings. The first-order valence-corrected chi connectivity index (χ1v) is 11.8. The van der Waals surface area contributed by atoms with E-state index in [0.29, 0.717) is 11.5 Å². The molecule has 0 bridgehead atoms. The number of halogens is 2. The van der Waals surface area contributed by atoms with Crippen molar-refractivity contribution < 1.29 is 13.5 Å². The monoisotopic (exact) mass is 414 g/mol. The molecule has 1 aliphatic carbocycles. The van der Waals surface area contributed by atoms with Crippen molar-refractivity contribution in [1.82, 2.24) is 0 Å². The Bertz CT molecular complexity index is 776. The molecule has 164 valence electrons. The van der Waals surface area contributed by atoms with E-state index in [-0.39, 0.29) is 11.3 Å². The van der Waals surface area contributed by atoms with E-state index in [1.807, 2.05) is 12.1 Å². The fraction of sp³-hybridized carbons (Fsp3) is 0.556. The highest BCUT2D eigenvalue weighted by atomic mass is 19.2. The minimum absolute atomic E-state index is 0.0643. The Labute approximate surface area is 180 Å². The Kier molecular flexibility index (Phi) is 8.72. The molecule has 3 rings (SSSR count). The van der Waals surface area contributed by atoms with Crippen molar-refractivity contribution >= 4 is 0 Å². The second-order valence-electron chi connectivity index (χ2n) is 8.84. The van der Waals surface area contributed by atoms with E-state index in [1.165, 1.54) is 89.4 Å². The molecule has 2 aromatic carbocycles. The van der Waals surface area contributed by atoms with Crippen molar-refractivity contribution in [1.29, 1.82) is 0 Å². The number of methoxy groups -OCH3 is 1. The molecule has 0 radical (unpaired) electrons. The lowest BCUT2D eigenvalue weighted by molar-refractivity contribution is 0.302. The predicted octanol–water partition coefficient (Wildman–Crippen LogP) is 8.66. The second-order valence-corrected chi connectivity index (χ2v) is 8.84. The normalized spacial score (nSPS) is 19.1. The third kappa shape index (κ3) is 5.83. The summed E-state index contributed by atoms with van der Waals surface area (Å²) in [6.45, 7) is 2.27. The van der Waals surface area contributed by atoms with Crippen LogP contribution in [0.1, 0.15) is 89.0 Å². The van der Waals surface area contributed by atoms with Gasteiger partial charge in [-0.1, -0.05) is 76.1 Å². The van der Waals surface area contributed by atoms with Gasteiger partial charge in [-0.3, -0.25) is 0 Å². The van der Waals surface area contributed by atoms with E-state index in [9.17, 15) is 8.78 Å². The van der Waals surface area contributed by atoms with Crippen LogP contribution in [0.15, 0.2) is 36.4 Å². The van der Waals surface area contributed by atoms with Gasteiger partial charge in [-0.2, -0.15) is 4.39 Å². The fourth-order valence-electron chi connectivity index (χ4n) is 4.84. The van der Waals surface area contributed by atoms with Gasteiger partial charge >= 0.3 is 0 Å². The van der Waals surface area contributed by atoms with Gasteiger partial charge in [0.2, 0.25) is 5.82 Å². The van der Waals surface area contributed by atoms with E-state index in [1.54, 1.807) is 6.07 Å². The van der Waals surface area contributed by atoms with Gasteiger partial charge in [0, 0.05) is 5.56 Å². The third-order valence-corrected chi connectivity index (χ3v) is 6.77. The van der Waals surface area contributed by atoms with Crippen LogP contribution < -0.4 is 4.74 Å². The lowest BCUT2D eigenvalue weighted by atomic mass is 9.77. The highest BCUT2D eigenvalue weighted by Gasteiger charge is 2.22. The van der Waals surface area contributed by atoms with Crippen LogP contribution in [0, 0.1) is 17.6 Å². The minimum Gasteiger partial charge on any atom is -0.494 e. The molecule has 0 spiro atoms. The van der Waals surface area contributed by atoms with Gasteiger partial charge in [0.1, 0.15) is 0 Å². The van der Waals surface area contributed by atoms with E-state index in [4.69, 9.17) is 4.74 Å². The van der Waals surface area contributed by atoms with Crippen LogP contribution >= 0.6 is 0 Å². The molecule has 1 fully saturated rings. The number of unbranched alkanes of at least 4 members (excludes halogenated alkanes) is 5. The maximum atomic E-state index is 14.4.